The molecule has 0 spiro atoms. The van der Waals surface area contributed by atoms with Gasteiger partial charge in [0.25, 0.3) is 0 Å². The fourth-order valence-electron chi connectivity index (χ4n) is 7.74. The number of benzene rings is 8. The molecular formula is C48H28N2OS. The van der Waals surface area contributed by atoms with Gasteiger partial charge in [-0.3, -0.25) is 0 Å². The summed E-state index contributed by atoms with van der Waals surface area (Å²) in [5.41, 5.74) is 10.3. The largest absolute Gasteiger partial charge is 0.456 e. The first-order valence-electron chi connectivity index (χ1n) is 17.5. The van der Waals surface area contributed by atoms with Crippen LogP contribution >= 0.6 is 11.3 Å². The third kappa shape index (κ3) is 4.58. The molecule has 0 N–H and O–H groups in total. The predicted octanol–water partition coefficient (Wildman–Crippen LogP) is 13.7. The van der Waals surface area contributed by atoms with Gasteiger partial charge in [0.2, 0.25) is 0 Å². The van der Waals surface area contributed by atoms with Gasteiger partial charge in [0.15, 0.2) is 5.82 Å². The highest BCUT2D eigenvalue weighted by Gasteiger charge is 2.19. The number of rotatable bonds is 4. The molecule has 4 heteroatoms. The lowest BCUT2D eigenvalue weighted by Crippen LogP contribution is -1.96. The van der Waals surface area contributed by atoms with E-state index in [4.69, 9.17) is 14.4 Å². The Hall–Kier alpha value is -6.62. The second-order valence-electron chi connectivity index (χ2n) is 13.3. The SMILES string of the molecule is c1ccc(-c2ccc3sc4ccc(-c5ccc(-c6nc(-c7ccccc7)c7ccc8oc9ccc%10ccccc%10c9c8c7n6)cc5)cc4c3c2)cc1. The molecule has 242 valence electrons. The molecule has 0 amide bonds. The van der Waals surface area contributed by atoms with E-state index in [1.54, 1.807) is 0 Å². The number of aromatic nitrogens is 2. The maximum Gasteiger partial charge on any atom is 0.160 e. The van der Waals surface area contributed by atoms with E-state index < -0.39 is 0 Å². The lowest BCUT2D eigenvalue weighted by Gasteiger charge is -2.11. The van der Waals surface area contributed by atoms with Gasteiger partial charge in [0.1, 0.15) is 11.2 Å². The van der Waals surface area contributed by atoms with Crippen LogP contribution in [-0.4, -0.2) is 9.97 Å². The van der Waals surface area contributed by atoms with E-state index in [9.17, 15) is 0 Å². The maximum absolute atomic E-state index is 6.45. The summed E-state index contributed by atoms with van der Waals surface area (Å²) >= 11 is 1.85. The minimum atomic E-state index is 0.688. The molecule has 0 bridgehead atoms. The van der Waals surface area contributed by atoms with Gasteiger partial charge in [-0.2, -0.15) is 0 Å². The van der Waals surface area contributed by atoms with Crippen molar-refractivity contribution < 1.29 is 4.42 Å². The van der Waals surface area contributed by atoms with E-state index in [-0.39, 0.29) is 0 Å². The third-order valence-corrected chi connectivity index (χ3v) is 11.4. The van der Waals surface area contributed by atoms with Crippen molar-refractivity contribution in [3.05, 3.63) is 170 Å². The average Bonchev–Trinajstić information content (AvgIpc) is 3.79. The summed E-state index contributed by atoms with van der Waals surface area (Å²) in [4.78, 5) is 10.6. The number of fused-ring (bicyclic) bond motifs is 10. The van der Waals surface area contributed by atoms with Crippen LogP contribution < -0.4 is 0 Å². The van der Waals surface area contributed by atoms with Crippen LogP contribution in [0, 0.1) is 0 Å². The normalized spacial score (nSPS) is 11.8. The molecule has 11 rings (SSSR count). The molecule has 0 saturated heterocycles. The maximum atomic E-state index is 6.45. The Morgan fingerprint density at radius 3 is 1.69 bits per heavy atom. The molecule has 11 aromatic rings. The van der Waals surface area contributed by atoms with Gasteiger partial charge < -0.3 is 4.42 Å². The number of nitrogens with zero attached hydrogens (tertiary/aromatic N) is 2. The topological polar surface area (TPSA) is 38.9 Å². The Bertz CT molecular complexity index is 3160. The van der Waals surface area contributed by atoms with Crippen LogP contribution in [0.4, 0.5) is 0 Å². The highest BCUT2D eigenvalue weighted by molar-refractivity contribution is 7.25. The average molecular weight is 681 g/mol. The minimum absolute atomic E-state index is 0.688. The monoisotopic (exact) mass is 680 g/mol. The summed E-state index contributed by atoms with van der Waals surface area (Å²) in [7, 11) is 0. The molecule has 8 aromatic carbocycles. The van der Waals surface area contributed by atoms with Gasteiger partial charge >= 0.3 is 0 Å². The molecule has 3 heterocycles. The van der Waals surface area contributed by atoms with E-state index in [2.05, 4.69) is 164 Å². The minimum Gasteiger partial charge on any atom is -0.456 e. The standard InChI is InChI=1S/C48H28N2OS/c1-3-9-29(10-4-1)34-20-25-42-38(27-34)39-28-35(21-26-43(39)52-42)30-15-17-33(18-16-30)48-49-46(32-12-5-2-6-13-32)37-22-24-41-45(47(37)50-48)44-36-14-8-7-11-31(36)19-23-40(44)51-41/h1-28H. The zero-order chi connectivity index (χ0) is 34.2. The van der Waals surface area contributed by atoms with Crippen LogP contribution in [0.15, 0.2) is 174 Å². The Morgan fingerprint density at radius 2 is 0.962 bits per heavy atom. The fourth-order valence-corrected chi connectivity index (χ4v) is 8.81. The van der Waals surface area contributed by atoms with Crippen molar-refractivity contribution in [3.8, 4) is 44.9 Å². The van der Waals surface area contributed by atoms with Crippen LogP contribution in [0.3, 0.4) is 0 Å². The lowest BCUT2D eigenvalue weighted by molar-refractivity contribution is 0.669. The van der Waals surface area contributed by atoms with Gasteiger partial charge in [-0.25, -0.2) is 9.97 Å². The van der Waals surface area contributed by atoms with Gasteiger partial charge in [0, 0.05) is 42.1 Å². The molecule has 0 aliphatic heterocycles. The van der Waals surface area contributed by atoms with Gasteiger partial charge in [-0.1, -0.05) is 127 Å². The molecule has 0 aliphatic carbocycles. The molecule has 0 aliphatic rings. The van der Waals surface area contributed by atoms with E-state index in [1.165, 1.54) is 42.2 Å². The van der Waals surface area contributed by atoms with Crippen molar-refractivity contribution in [2.45, 2.75) is 0 Å². The summed E-state index contributed by atoms with van der Waals surface area (Å²) < 4.78 is 9.04. The van der Waals surface area contributed by atoms with Crippen molar-refractivity contribution in [3.63, 3.8) is 0 Å². The number of hydrogen-bond donors (Lipinski definition) is 0. The lowest BCUT2D eigenvalue weighted by atomic mass is 9.99. The predicted molar refractivity (Wildman–Crippen MR) is 219 cm³/mol. The van der Waals surface area contributed by atoms with Crippen LogP contribution in [0.1, 0.15) is 0 Å². The summed E-state index contributed by atoms with van der Waals surface area (Å²) in [6, 6.07) is 60.2. The van der Waals surface area contributed by atoms with Crippen LogP contribution in [0.5, 0.6) is 0 Å². The fraction of sp³-hybridized carbons (Fsp3) is 0. The first-order valence-corrected chi connectivity index (χ1v) is 18.3. The Morgan fingerprint density at radius 1 is 0.385 bits per heavy atom. The van der Waals surface area contributed by atoms with Gasteiger partial charge in [-0.05, 0) is 75.5 Å². The second-order valence-corrected chi connectivity index (χ2v) is 14.4. The van der Waals surface area contributed by atoms with E-state index >= 15 is 0 Å². The zero-order valence-corrected chi connectivity index (χ0v) is 28.7. The zero-order valence-electron chi connectivity index (χ0n) is 27.9. The highest BCUT2D eigenvalue weighted by Crippen LogP contribution is 2.42. The molecule has 0 unspecified atom stereocenters. The van der Waals surface area contributed by atoms with Crippen molar-refractivity contribution in [1.29, 1.82) is 0 Å². The third-order valence-electron chi connectivity index (χ3n) is 10.3. The molecule has 3 aromatic heterocycles. The highest BCUT2D eigenvalue weighted by atomic mass is 32.1. The first-order chi connectivity index (χ1) is 25.7. The van der Waals surface area contributed by atoms with Crippen molar-refractivity contribution in [2.24, 2.45) is 0 Å². The van der Waals surface area contributed by atoms with Crippen LogP contribution in [0.25, 0.3) is 109 Å². The van der Waals surface area contributed by atoms with Gasteiger partial charge in [-0.15, -0.1) is 11.3 Å². The molecule has 0 saturated carbocycles. The Balaban J connectivity index is 1.07. The quantitative estimate of drug-likeness (QED) is 0.186. The summed E-state index contributed by atoms with van der Waals surface area (Å²) in [6.45, 7) is 0. The van der Waals surface area contributed by atoms with Crippen LogP contribution in [0.2, 0.25) is 0 Å². The Labute approximate surface area is 303 Å². The number of furan rings is 1. The molecule has 0 fully saturated rings. The molecule has 52 heavy (non-hydrogen) atoms. The summed E-state index contributed by atoms with van der Waals surface area (Å²) in [6.07, 6.45) is 0. The van der Waals surface area contributed by atoms with Crippen LogP contribution in [-0.2, 0) is 0 Å². The van der Waals surface area contributed by atoms with E-state index in [1.807, 2.05) is 17.4 Å². The first kappa shape index (κ1) is 29.1. The molecule has 0 radical (unpaired) electrons. The smallest absolute Gasteiger partial charge is 0.160 e. The van der Waals surface area contributed by atoms with Crippen molar-refractivity contribution in [1.82, 2.24) is 9.97 Å². The van der Waals surface area contributed by atoms with Crippen molar-refractivity contribution >= 4 is 75.1 Å². The summed E-state index contributed by atoms with van der Waals surface area (Å²) in [5, 5.41) is 8.02. The summed E-state index contributed by atoms with van der Waals surface area (Å²) in [5.74, 6) is 0.688. The second kappa shape index (κ2) is 11.5. The number of thiophene rings is 1. The molecule has 3 nitrogen and oxygen atoms in total. The van der Waals surface area contributed by atoms with E-state index in [0.29, 0.717) is 5.82 Å². The molecule has 0 atom stereocenters. The Kier molecular flexibility index (Phi) is 6.42. The van der Waals surface area contributed by atoms with E-state index in [0.717, 1.165) is 60.6 Å². The molecular weight excluding hydrogens is 653 g/mol. The van der Waals surface area contributed by atoms with Gasteiger partial charge in [0.05, 0.1) is 16.6 Å². The number of hydrogen-bond acceptors (Lipinski definition) is 4. The van der Waals surface area contributed by atoms with Crippen molar-refractivity contribution in [2.75, 3.05) is 0 Å².